The van der Waals surface area contributed by atoms with E-state index in [4.69, 9.17) is 5.73 Å². The van der Waals surface area contributed by atoms with Crippen LogP contribution in [0.2, 0.25) is 0 Å². The van der Waals surface area contributed by atoms with Crippen LogP contribution >= 0.6 is 0 Å². The van der Waals surface area contributed by atoms with Gasteiger partial charge in [-0.2, -0.15) is 0 Å². The maximum Gasteiger partial charge on any atom is 0.0962 e. The van der Waals surface area contributed by atoms with Crippen molar-refractivity contribution < 1.29 is 0 Å². The highest BCUT2D eigenvalue weighted by atomic mass is 15.4. The molecule has 1 aliphatic rings. The van der Waals surface area contributed by atoms with Gasteiger partial charge in [0.05, 0.1) is 12.2 Å². The Hall–Kier alpha value is -1.72. The first-order chi connectivity index (χ1) is 9.35. The van der Waals surface area contributed by atoms with E-state index in [-0.39, 0.29) is 0 Å². The van der Waals surface area contributed by atoms with Crippen LogP contribution in [0.5, 0.6) is 0 Å². The molecule has 0 unspecified atom stereocenters. The molecule has 0 saturated heterocycles. The van der Waals surface area contributed by atoms with Crippen LogP contribution in [0.1, 0.15) is 16.8 Å². The van der Waals surface area contributed by atoms with Crippen molar-refractivity contribution in [3.8, 4) is 0 Å². The van der Waals surface area contributed by atoms with Crippen molar-refractivity contribution in [2.24, 2.45) is 5.73 Å². The first-order valence-corrected chi connectivity index (χ1v) is 6.73. The zero-order chi connectivity index (χ0) is 13.1. The van der Waals surface area contributed by atoms with Crippen LogP contribution in [0.15, 0.2) is 30.5 Å². The molecular weight excluding hydrogens is 238 g/mol. The minimum absolute atomic E-state index is 0.455. The average Bonchev–Trinajstić information content (AvgIpc) is 2.93. The molecule has 5 nitrogen and oxygen atoms in total. The van der Waals surface area contributed by atoms with E-state index in [2.05, 4.69) is 39.5 Å². The van der Waals surface area contributed by atoms with Crippen molar-refractivity contribution in [3.05, 3.63) is 47.3 Å². The van der Waals surface area contributed by atoms with Gasteiger partial charge in [-0.3, -0.25) is 9.58 Å². The van der Waals surface area contributed by atoms with E-state index in [9.17, 15) is 0 Å². The summed E-state index contributed by atoms with van der Waals surface area (Å²) in [5, 5.41) is 8.08. The Morgan fingerprint density at radius 1 is 1.16 bits per heavy atom. The van der Waals surface area contributed by atoms with E-state index < -0.39 is 0 Å². The summed E-state index contributed by atoms with van der Waals surface area (Å²) in [4.78, 5) is 2.46. The predicted molar refractivity (Wildman–Crippen MR) is 73.3 cm³/mol. The van der Waals surface area contributed by atoms with Crippen molar-refractivity contribution in [3.63, 3.8) is 0 Å². The van der Waals surface area contributed by atoms with E-state index in [0.29, 0.717) is 6.54 Å². The van der Waals surface area contributed by atoms with Gasteiger partial charge in [-0.1, -0.05) is 29.5 Å². The van der Waals surface area contributed by atoms with E-state index in [1.54, 1.807) is 0 Å². The normalized spacial score (nSPS) is 15.4. The van der Waals surface area contributed by atoms with E-state index >= 15 is 0 Å². The summed E-state index contributed by atoms with van der Waals surface area (Å²) >= 11 is 0. The Morgan fingerprint density at radius 2 is 2.00 bits per heavy atom. The Balaban J connectivity index is 1.57. The maximum atomic E-state index is 5.53. The molecule has 2 heterocycles. The molecule has 0 fully saturated rings. The number of hydrogen-bond donors (Lipinski definition) is 1. The van der Waals surface area contributed by atoms with Crippen LogP contribution in [-0.2, 0) is 26.1 Å². The van der Waals surface area contributed by atoms with Gasteiger partial charge in [-0.25, -0.2) is 0 Å². The maximum absolute atomic E-state index is 5.53. The lowest BCUT2D eigenvalue weighted by atomic mass is 10.00. The summed E-state index contributed by atoms with van der Waals surface area (Å²) in [5.41, 5.74) is 9.32. The summed E-state index contributed by atoms with van der Waals surface area (Å²) < 4.78 is 1.88. The van der Waals surface area contributed by atoms with Crippen molar-refractivity contribution in [1.82, 2.24) is 19.9 Å². The molecular formula is C14H19N5. The van der Waals surface area contributed by atoms with E-state index in [1.165, 1.54) is 11.1 Å². The second kappa shape index (κ2) is 5.50. The molecule has 100 valence electrons. The monoisotopic (exact) mass is 257 g/mol. The van der Waals surface area contributed by atoms with E-state index in [1.807, 2.05) is 10.9 Å². The molecule has 0 spiro atoms. The molecule has 2 aromatic rings. The highest BCUT2D eigenvalue weighted by molar-refractivity contribution is 5.28. The summed E-state index contributed by atoms with van der Waals surface area (Å²) in [6.07, 6.45) is 3.07. The number of rotatable bonds is 4. The first-order valence-electron chi connectivity index (χ1n) is 6.73. The number of nitrogens with zero attached hydrogens (tertiary/aromatic N) is 4. The van der Waals surface area contributed by atoms with Crippen molar-refractivity contribution in [1.29, 1.82) is 0 Å². The fourth-order valence-corrected chi connectivity index (χ4v) is 2.53. The molecule has 0 bridgehead atoms. The third-order valence-corrected chi connectivity index (χ3v) is 3.65. The van der Waals surface area contributed by atoms with Gasteiger partial charge in [-0.15, -0.1) is 5.10 Å². The Labute approximate surface area is 113 Å². The topological polar surface area (TPSA) is 60.0 Å². The minimum atomic E-state index is 0.455. The molecule has 3 rings (SSSR count). The molecule has 0 amide bonds. The molecule has 0 aliphatic carbocycles. The zero-order valence-corrected chi connectivity index (χ0v) is 11.0. The molecule has 1 aliphatic heterocycles. The van der Waals surface area contributed by atoms with Gasteiger partial charge in [0.1, 0.15) is 0 Å². The summed E-state index contributed by atoms with van der Waals surface area (Å²) in [6, 6.07) is 8.70. The van der Waals surface area contributed by atoms with Crippen LogP contribution in [-0.4, -0.2) is 33.0 Å². The second-order valence-electron chi connectivity index (χ2n) is 4.97. The lowest BCUT2D eigenvalue weighted by Crippen LogP contribution is -2.33. The van der Waals surface area contributed by atoms with Crippen molar-refractivity contribution in [2.45, 2.75) is 26.1 Å². The number of hydrogen-bond acceptors (Lipinski definition) is 4. The van der Waals surface area contributed by atoms with Gasteiger partial charge in [-0.05, 0) is 17.5 Å². The first kappa shape index (κ1) is 12.3. The predicted octanol–water partition coefficient (Wildman–Crippen LogP) is 0.795. The van der Waals surface area contributed by atoms with Crippen LogP contribution in [0, 0.1) is 0 Å². The molecule has 0 radical (unpaired) electrons. The zero-order valence-electron chi connectivity index (χ0n) is 11.0. The van der Waals surface area contributed by atoms with Gasteiger partial charge >= 0.3 is 0 Å². The highest BCUT2D eigenvalue weighted by Gasteiger charge is 2.15. The van der Waals surface area contributed by atoms with Crippen LogP contribution in [0.4, 0.5) is 0 Å². The minimum Gasteiger partial charge on any atom is -0.325 e. The van der Waals surface area contributed by atoms with Crippen LogP contribution in [0.3, 0.4) is 0 Å². The molecule has 1 aromatic heterocycles. The second-order valence-corrected chi connectivity index (χ2v) is 4.97. The number of benzene rings is 1. The number of aromatic nitrogens is 3. The highest BCUT2D eigenvalue weighted by Crippen LogP contribution is 2.18. The Morgan fingerprint density at radius 3 is 2.79 bits per heavy atom. The summed E-state index contributed by atoms with van der Waals surface area (Å²) in [5.74, 6) is 0. The largest absolute Gasteiger partial charge is 0.325 e. The third kappa shape index (κ3) is 2.83. The molecule has 0 saturated carbocycles. The fourth-order valence-electron chi connectivity index (χ4n) is 2.53. The SMILES string of the molecule is NCc1cn(CCN2CCc3ccccc3C2)nn1. The fraction of sp³-hybridized carbons (Fsp3) is 0.429. The lowest BCUT2D eigenvalue weighted by molar-refractivity contribution is 0.239. The molecule has 1 aromatic carbocycles. The lowest BCUT2D eigenvalue weighted by Gasteiger charge is -2.28. The average molecular weight is 257 g/mol. The van der Waals surface area contributed by atoms with Crippen molar-refractivity contribution in [2.75, 3.05) is 13.1 Å². The smallest absolute Gasteiger partial charge is 0.0962 e. The van der Waals surface area contributed by atoms with Crippen LogP contribution in [0.25, 0.3) is 0 Å². The molecule has 2 N–H and O–H groups in total. The van der Waals surface area contributed by atoms with Crippen molar-refractivity contribution >= 4 is 0 Å². The Kier molecular flexibility index (Phi) is 3.57. The van der Waals surface area contributed by atoms with Gasteiger partial charge in [0.2, 0.25) is 0 Å². The van der Waals surface area contributed by atoms with E-state index in [0.717, 1.165) is 38.3 Å². The Bertz CT molecular complexity index is 548. The molecule has 5 heteroatoms. The number of nitrogens with two attached hydrogens (primary N) is 1. The standard InChI is InChI=1S/C14H19N5/c15-9-14-11-19(17-16-14)8-7-18-6-5-12-3-1-2-4-13(12)10-18/h1-4,11H,5-10,15H2. The third-order valence-electron chi connectivity index (χ3n) is 3.65. The van der Waals surface area contributed by atoms with Gasteiger partial charge in [0.15, 0.2) is 0 Å². The quantitative estimate of drug-likeness (QED) is 0.880. The van der Waals surface area contributed by atoms with Gasteiger partial charge < -0.3 is 5.73 Å². The van der Waals surface area contributed by atoms with Gasteiger partial charge in [0, 0.05) is 32.4 Å². The van der Waals surface area contributed by atoms with Gasteiger partial charge in [0.25, 0.3) is 0 Å². The summed E-state index contributed by atoms with van der Waals surface area (Å²) in [6.45, 7) is 4.48. The van der Waals surface area contributed by atoms with Crippen LogP contribution < -0.4 is 5.73 Å². The summed E-state index contributed by atoms with van der Waals surface area (Å²) in [7, 11) is 0. The molecule has 19 heavy (non-hydrogen) atoms. The molecule has 0 atom stereocenters. The number of fused-ring (bicyclic) bond motifs is 1.